The molecule has 3 heteroatoms. The highest BCUT2D eigenvalue weighted by Crippen LogP contribution is 2.24. The molecular weight excluding hydrogens is 236 g/mol. The lowest BCUT2D eigenvalue weighted by molar-refractivity contribution is 0.506. The van der Waals surface area contributed by atoms with Gasteiger partial charge in [-0.15, -0.1) is 0 Å². The normalized spacial score (nSPS) is 12.8. The van der Waals surface area contributed by atoms with Gasteiger partial charge in [0.25, 0.3) is 0 Å². The van der Waals surface area contributed by atoms with Gasteiger partial charge in [-0.3, -0.25) is 4.68 Å². The first kappa shape index (κ1) is 11.9. The number of furan rings is 1. The van der Waals surface area contributed by atoms with Crippen LogP contribution < -0.4 is 5.43 Å². The Kier molecular flexibility index (Phi) is 2.82. The molecule has 0 spiro atoms. The van der Waals surface area contributed by atoms with Crippen molar-refractivity contribution in [3.8, 4) is 0 Å². The molecule has 2 heterocycles. The number of hydrogen-bond donors (Lipinski definition) is 1. The molecular formula is C16H18N2O. The number of para-hydroxylation sites is 1. The van der Waals surface area contributed by atoms with E-state index in [1.54, 1.807) is 0 Å². The fraction of sp³-hybridized carbons (Fsp3) is 0.250. The summed E-state index contributed by atoms with van der Waals surface area (Å²) in [5.41, 5.74) is 6.79. The van der Waals surface area contributed by atoms with E-state index in [0.717, 1.165) is 16.7 Å². The van der Waals surface area contributed by atoms with Crippen molar-refractivity contribution in [2.24, 2.45) is 0 Å². The molecule has 0 radical (unpaired) electrons. The lowest BCUT2D eigenvalue weighted by atomic mass is 10.2. The van der Waals surface area contributed by atoms with Crippen molar-refractivity contribution in [1.82, 2.24) is 4.68 Å². The summed E-state index contributed by atoms with van der Waals surface area (Å²) < 4.78 is 7.98. The molecule has 0 aliphatic carbocycles. The highest BCUT2D eigenvalue weighted by Gasteiger charge is 2.12. The minimum Gasteiger partial charge on any atom is -0.459 e. The van der Waals surface area contributed by atoms with Gasteiger partial charge in [-0.05, 0) is 45.0 Å². The lowest BCUT2D eigenvalue weighted by Gasteiger charge is -2.17. The van der Waals surface area contributed by atoms with Gasteiger partial charge in [0.15, 0.2) is 0 Å². The summed E-state index contributed by atoms with van der Waals surface area (Å²) in [6.07, 6.45) is 0. The Hall–Kier alpha value is -2.16. The third-order valence-electron chi connectivity index (χ3n) is 3.47. The van der Waals surface area contributed by atoms with Crippen LogP contribution in [0.25, 0.3) is 11.0 Å². The smallest absolute Gasteiger partial charge is 0.134 e. The Morgan fingerprint density at radius 2 is 1.74 bits per heavy atom. The summed E-state index contributed by atoms with van der Waals surface area (Å²) in [5, 5.41) is 1.15. The molecule has 0 aliphatic rings. The van der Waals surface area contributed by atoms with Gasteiger partial charge in [0, 0.05) is 16.8 Å². The molecule has 2 aromatic heterocycles. The van der Waals surface area contributed by atoms with Crippen LogP contribution >= 0.6 is 0 Å². The fourth-order valence-electron chi connectivity index (χ4n) is 2.35. The van der Waals surface area contributed by atoms with Gasteiger partial charge in [0.1, 0.15) is 11.3 Å². The molecule has 19 heavy (non-hydrogen) atoms. The number of rotatable bonds is 3. The first-order valence-corrected chi connectivity index (χ1v) is 6.55. The first-order chi connectivity index (χ1) is 9.15. The van der Waals surface area contributed by atoms with Crippen LogP contribution in [0.1, 0.15) is 30.1 Å². The van der Waals surface area contributed by atoms with E-state index in [1.807, 2.05) is 18.2 Å². The van der Waals surface area contributed by atoms with Gasteiger partial charge < -0.3 is 9.84 Å². The van der Waals surface area contributed by atoms with Crippen LogP contribution in [0.4, 0.5) is 0 Å². The van der Waals surface area contributed by atoms with Crippen molar-refractivity contribution in [2.45, 2.75) is 26.8 Å². The molecule has 1 aromatic carbocycles. The molecule has 3 nitrogen and oxygen atoms in total. The van der Waals surface area contributed by atoms with E-state index < -0.39 is 0 Å². The minimum atomic E-state index is 0.122. The zero-order valence-corrected chi connectivity index (χ0v) is 11.5. The van der Waals surface area contributed by atoms with E-state index in [0.29, 0.717) is 0 Å². The number of nitrogens with zero attached hydrogens (tertiary/aromatic N) is 1. The van der Waals surface area contributed by atoms with E-state index in [-0.39, 0.29) is 6.04 Å². The highest BCUT2D eigenvalue weighted by atomic mass is 16.3. The van der Waals surface area contributed by atoms with Gasteiger partial charge in [0.05, 0.1) is 6.04 Å². The van der Waals surface area contributed by atoms with Crippen LogP contribution in [0.2, 0.25) is 0 Å². The third-order valence-corrected chi connectivity index (χ3v) is 3.47. The second-order valence-electron chi connectivity index (χ2n) is 4.99. The summed E-state index contributed by atoms with van der Waals surface area (Å²) >= 11 is 0. The number of fused-ring (bicyclic) bond motifs is 1. The fourth-order valence-corrected chi connectivity index (χ4v) is 2.35. The Balaban J connectivity index is 1.89. The van der Waals surface area contributed by atoms with Gasteiger partial charge in [-0.1, -0.05) is 18.2 Å². The number of aromatic nitrogens is 1. The molecule has 1 N–H and O–H groups in total. The van der Waals surface area contributed by atoms with Crippen molar-refractivity contribution in [3.05, 3.63) is 59.6 Å². The van der Waals surface area contributed by atoms with E-state index in [4.69, 9.17) is 4.42 Å². The maximum absolute atomic E-state index is 5.88. The second kappa shape index (κ2) is 4.50. The molecule has 0 aliphatic heterocycles. The second-order valence-corrected chi connectivity index (χ2v) is 4.99. The SMILES string of the molecule is Cc1ccc(C)n1NC(C)c1cc2ccccc2o1. The lowest BCUT2D eigenvalue weighted by Crippen LogP contribution is -2.20. The van der Waals surface area contributed by atoms with Crippen LogP contribution in [0, 0.1) is 13.8 Å². The van der Waals surface area contributed by atoms with Crippen molar-refractivity contribution < 1.29 is 4.42 Å². The highest BCUT2D eigenvalue weighted by molar-refractivity contribution is 5.77. The summed E-state index contributed by atoms with van der Waals surface area (Å²) in [5.74, 6) is 0.953. The summed E-state index contributed by atoms with van der Waals surface area (Å²) in [6, 6.07) is 14.5. The van der Waals surface area contributed by atoms with Crippen molar-refractivity contribution >= 4 is 11.0 Å². The average molecular weight is 254 g/mol. The molecule has 3 rings (SSSR count). The summed E-state index contributed by atoms with van der Waals surface area (Å²) in [6.45, 7) is 6.29. The Bertz CT molecular complexity index is 656. The molecule has 0 saturated heterocycles. The van der Waals surface area contributed by atoms with Gasteiger partial charge in [0.2, 0.25) is 0 Å². The topological polar surface area (TPSA) is 30.1 Å². The monoisotopic (exact) mass is 254 g/mol. The zero-order valence-electron chi connectivity index (χ0n) is 11.5. The van der Waals surface area contributed by atoms with Gasteiger partial charge in [-0.25, -0.2) is 0 Å². The zero-order chi connectivity index (χ0) is 13.4. The average Bonchev–Trinajstić information content (AvgIpc) is 2.97. The third kappa shape index (κ3) is 2.12. The molecule has 98 valence electrons. The van der Waals surface area contributed by atoms with E-state index in [1.165, 1.54) is 11.4 Å². The molecule has 0 bridgehead atoms. The number of hydrogen-bond acceptors (Lipinski definition) is 2. The number of nitrogens with one attached hydrogen (secondary N) is 1. The van der Waals surface area contributed by atoms with Crippen molar-refractivity contribution in [1.29, 1.82) is 0 Å². The first-order valence-electron chi connectivity index (χ1n) is 6.55. The number of aryl methyl sites for hydroxylation is 2. The van der Waals surface area contributed by atoms with E-state index in [2.05, 4.69) is 55.1 Å². The van der Waals surface area contributed by atoms with Gasteiger partial charge >= 0.3 is 0 Å². The maximum atomic E-state index is 5.88. The number of benzene rings is 1. The minimum absolute atomic E-state index is 0.122. The Labute approximate surface area is 112 Å². The molecule has 3 aromatic rings. The molecule has 0 fully saturated rings. The molecule has 0 saturated carbocycles. The standard InChI is InChI=1S/C16H18N2O/c1-11-8-9-12(2)18(11)17-13(3)16-10-14-6-4-5-7-15(14)19-16/h4-10,13,17H,1-3H3. The van der Waals surface area contributed by atoms with Crippen LogP contribution in [-0.4, -0.2) is 4.68 Å². The van der Waals surface area contributed by atoms with Crippen LogP contribution in [0.5, 0.6) is 0 Å². The predicted octanol–water partition coefficient (Wildman–Crippen LogP) is 4.16. The quantitative estimate of drug-likeness (QED) is 0.760. The maximum Gasteiger partial charge on any atom is 0.134 e. The van der Waals surface area contributed by atoms with Crippen LogP contribution in [0.15, 0.2) is 46.9 Å². The predicted molar refractivity (Wildman–Crippen MR) is 77.9 cm³/mol. The molecule has 0 amide bonds. The van der Waals surface area contributed by atoms with Crippen molar-refractivity contribution in [3.63, 3.8) is 0 Å². The Morgan fingerprint density at radius 3 is 2.42 bits per heavy atom. The van der Waals surface area contributed by atoms with E-state index in [9.17, 15) is 0 Å². The van der Waals surface area contributed by atoms with E-state index >= 15 is 0 Å². The summed E-state index contributed by atoms with van der Waals surface area (Å²) in [7, 11) is 0. The molecule has 1 unspecified atom stereocenters. The molecule has 1 atom stereocenters. The van der Waals surface area contributed by atoms with Crippen molar-refractivity contribution in [2.75, 3.05) is 5.43 Å². The largest absolute Gasteiger partial charge is 0.459 e. The van der Waals surface area contributed by atoms with Crippen LogP contribution in [0.3, 0.4) is 0 Å². The van der Waals surface area contributed by atoms with Crippen LogP contribution in [-0.2, 0) is 0 Å². The summed E-state index contributed by atoms with van der Waals surface area (Å²) in [4.78, 5) is 0. The Morgan fingerprint density at radius 1 is 1.05 bits per heavy atom. The van der Waals surface area contributed by atoms with Gasteiger partial charge in [-0.2, -0.15) is 0 Å².